The highest BCUT2D eigenvalue weighted by Crippen LogP contribution is 2.24. The summed E-state index contributed by atoms with van der Waals surface area (Å²) in [6, 6.07) is 6.38. The molecule has 0 saturated heterocycles. The lowest BCUT2D eigenvalue weighted by atomic mass is 10.1. The first-order chi connectivity index (χ1) is 7.86. The molecule has 0 aliphatic heterocycles. The van der Waals surface area contributed by atoms with E-state index < -0.39 is 0 Å². The van der Waals surface area contributed by atoms with Gasteiger partial charge in [0.25, 0.3) is 0 Å². The predicted molar refractivity (Wildman–Crippen MR) is 67.6 cm³/mol. The number of para-hydroxylation sites is 1. The van der Waals surface area contributed by atoms with Gasteiger partial charge < -0.3 is 9.73 Å². The van der Waals surface area contributed by atoms with Crippen LogP contribution >= 0.6 is 0 Å². The van der Waals surface area contributed by atoms with Gasteiger partial charge in [-0.1, -0.05) is 32.0 Å². The van der Waals surface area contributed by atoms with Crippen LogP contribution in [0.1, 0.15) is 31.4 Å². The topological polar surface area (TPSA) is 25.2 Å². The van der Waals surface area contributed by atoms with E-state index in [4.69, 9.17) is 4.42 Å². The Morgan fingerprint density at radius 3 is 2.81 bits per heavy atom. The van der Waals surface area contributed by atoms with Crippen LogP contribution in [-0.2, 0) is 13.0 Å². The molecular formula is C14H19NO. The average Bonchev–Trinajstić information content (AvgIpc) is 2.73. The van der Waals surface area contributed by atoms with Crippen LogP contribution in [-0.4, -0.2) is 6.54 Å². The Hall–Kier alpha value is -1.28. The molecular weight excluding hydrogens is 198 g/mol. The first kappa shape index (κ1) is 11.2. The standard InChI is InChI=1S/C14H19NO/c1-3-8-15-9-12-10-16-14-11(4-2)6-5-7-13(12)14/h5-7,10,15H,3-4,8-9H2,1-2H3. The lowest BCUT2D eigenvalue weighted by Crippen LogP contribution is -2.13. The summed E-state index contributed by atoms with van der Waals surface area (Å²) in [5.74, 6) is 0. The van der Waals surface area contributed by atoms with Crippen LogP contribution in [0.2, 0.25) is 0 Å². The molecule has 16 heavy (non-hydrogen) atoms. The average molecular weight is 217 g/mol. The van der Waals surface area contributed by atoms with Crippen LogP contribution in [0.15, 0.2) is 28.9 Å². The molecule has 0 atom stereocenters. The zero-order valence-corrected chi connectivity index (χ0v) is 10.0. The molecule has 0 saturated carbocycles. The van der Waals surface area contributed by atoms with E-state index in [1.807, 2.05) is 6.26 Å². The third-order valence-electron chi connectivity index (χ3n) is 2.88. The van der Waals surface area contributed by atoms with Crippen LogP contribution in [0.5, 0.6) is 0 Å². The van der Waals surface area contributed by atoms with Crippen molar-refractivity contribution in [2.24, 2.45) is 0 Å². The molecule has 0 aliphatic rings. The van der Waals surface area contributed by atoms with Crippen molar-refractivity contribution < 1.29 is 4.42 Å². The van der Waals surface area contributed by atoms with Crippen LogP contribution in [0.25, 0.3) is 11.0 Å². The summed E-state index contributed by atoms with van der Waals surface area (Å²) in [6.07, 6.45) is 4.06. The molecule has 2 rings (SSSR count). The Morgan fingerprint density at radius 1 is 1.19 bits per heavy atom. The number of furan rings is 1. The molecule has 0 unspecified atom stereocenters. The van der Waals surface area contributed by atoms with Crippen LogP contribution in [0.4, 0.5) is 0 Å². The maximum Gasteiger partial charge on any atom is 0.137 e. The van der Waals surface area contributed by atoms with E-state index in [1.54, 1.807) is 0 Å². The van der Waals surface area contributed by atoms with E-state index in [9.17, 15) is 0 Å². The maximum absolute atomic E-state index is 5.66. The van der Waals surface area contributed by atoms with E-state index in [1.165, 1.54) is 16.5 Å². The van der Waals surface area contributed by atoms with Gasteiger partial charge in [0.15, 0.2) is 0 Å². The molecule has 0 bridgehead atoms. The van der Waals surface area contributed by atoms with E-state index in [0.29, 0.717) is 0 Å². The Balaban J connectivity index is 2.27. The highest BCUT2D eigenvalue weighted by atomic mass is 16.3. The number of aryl methyl sites for hydroxylation is 1. The zero-order valence-electron chi connectivity index (χ0n) is 10.0. The second-order valence-electron chi connectivity index (χ2n) is 4.09. The molecule has 2 nitrogen and oxygen atoms in total. The van der Waals surface area contributed by atoms with Crippen molar-refractivity contribution in [1.82, 2.24) is 5.32 Å². The number of nitrogens with one attached hydrogen (secondary N) is 1. The molecule has 1 aromatic carbocycles. The summed E-state index contributed by atoms with van der Waals surface area (Å²) in [5, 5.41) is 4.66. The summed E-state index contributed by atoms with van der Waals surface area (Å²) in [7, 11) is 0. The number of hydrogen-bond donors (Lipinski definition) is 1. The highest BCUT2D eigenvalue weighted by Gasteiger charge is 2.07. The van der Waals surface area contributed by atoms with Crippen molar-refractivity contribution in [3.05, 3.63) is 35.6 Å². The minimum absolute atomic E-state index is 0.897. The summed E-state index contributed by atoms with van der Waals surface area (Å²) in [6.45, 7) is 6.29. The van der Waals surface area contributed by atoms with E-state index in [0.717, 1.165) is 31.5 Å². The van der Waals surface area contributed by atoms with Crippen molar-refractivity contribution in [2.45, 2.75) is 33.2 Å². The second kappa shape index (κ2) is 5.17. The lowest BCUT2D eigenvalue weighted by Gasteiger charge is -2.01. The number of hydrogen-bond acceptors (Lipinski definition) is 2. The fourth-order valence-corrected chi connectivity index (χ4v) is 1.99. The smallest absolute Gasteiger partial charge is 0.137 e. The van der Waals surface area contributed by atoms with Gasteiger partial charge in [-0.2, -0.15) is 0 Å². The molecule has 0 spiro atoms. The quantitative estimate of drug-likeness (QED) is 0.775. The Morgan fingerprint density at radius 2 is 2.06 bits per heavy atom. The van der Waals surface area contributed by atoms with Gasteiger partial charge in [0.2, 0.25) is 0 Å². The van der Waals surface area contributed by atoms with E-state index >= 15 is 0 Å². The molecule has 0 amide bonds. The van der Waals surface area contributed by atoms with Gasteiger partial charge in [-0.3, -0.25) is 0 Å². The molecule has 1 aromatic heterocycles. The maximum atomic E-state index is 5.66. The molecule has 1 heterocycles. The largest absolute Gasteiger partial charge is 0.464 e. The van der Waals surface area contributed by atoms with Gasteiger partial charge in [0.1, 0.15) is 5.58 Å². The molecule has 0 aliphatic carbocycles. The van der Waals surface area contributed by atoms with Crippen molar-refractivity contribution in [1.29, 1.82) is 0 Å². The van der Waals surface area contributed by atoms with Crippen molar-refractivity contribution in [3.63, 3.8) is 0 Å². The molecule has 2 heteroatoms. The molecule has 2 aromatic rings. The van der Waals surface area contributed by atoms with Crippen molar-refractivity contribution in [3.8, 4) is 0 Å². The number of rotatable bonds is 5. The first-order valence-corrected chi connectivity index (χ1v) is 6.05. The van der Waals surface area contributed by atoms with Gasteiger partial charge >= 0.3 is 0 Å². The van der Waals surface area contributed by atoms with Gasteiger partial charge in [-0.15, -0.1) is 0 Å². The molecule has 0 fully saturated rings. The van der Waals surface area contributed by atoms with Gasteiger partial charge in [-0.25, -0.2) is 0 Å². The van der Waals surface area contributed by atoms with Gasteiger partial charge in [-0.05, 0) is 24.9 Å². The summed E-state index contributed by atoms with van der Waals surface area (Å²) >= 11 is 0. The third kappa shape index (κ3) is 2.12. The Labute approximate surface area is 96.6 Å². The van der Waals surface area contributed by atoms with Gasteiger partial charge in [0, 0.05) is 17.5 Å². The monoisotopic (exact) mass is 217 g/mol. The van der Waals surface area contributed by atoms with E-state index in [-0.39, 0.29) is 0 Å². The first-order valence-electron chi connectivity index (χ1n) is 6.05. The minimum Gasteiger partial charge on any atom is -0.464 e. The van der Waals surface area contributed by atoms with Crippen LogP contribution in [0, 0.1) is 0 Å². The minimum atomic E-state index is 0.897. The number of benzene rings is 1. The normalized spacial score (nSPS) is 11.1. The molecule has 86 valence electrons. The highest BCUT2D eigenvalue weighted by molar-refractivity contribution is 5.83. The molecule has 0 radical (unpaired) electrons. The molecule has 1 N–H and O–H groups in total. The SMILES string of the molecule is CCCNCc1coc2c(CC)cccc12. The van der Waals surface area contributed by atoms with E-state index in [2.05, 4.69) is 37.4 Å². The van der Waals surface area contributed by atoms with Crippen molar-refractivity contribution >= 4 is 11.0 Å². The summed E-state index contributed by atoms with van der Waals surface area (Å²) < 4.78 is 5.66. The van der Waals surface area contributed by atoms with Gasteiger partial charge in [0.05, 0.1) is 6.26 Å². The predicted octanol–water partition coefficient (Wildman–Crippen LogP) is 3.49. The summed E-state index contributed by atoms with van der Waals surface area (Å²) in [5.41, 5.74) is 3.61. The van der Waals surface area contributed by atoms with Crippen LogP contribution < -0.4 is 5.32 Å². The van der Waals surface area contributed by atoms with Crippen molar-refractivity contribution in [2.75, 3.05) is 6.54 Å². The Kier molecular flexibility index (Phi) is 3.62. The lowest BCUT2D eigenvalue weighted by molar-refractivity contribution is 0.597. The fraction of sp³-hybridized carbons (Fsp3) is 0.429. The third-order valence-corrected chi connectivity index (χ3v) is 2.88. The fourth-order valence-electron chi connectivity index (χ4n) is 1.99. The second-order valence-corrected chi connectivity index (χ2v) is 4.09. The number of fused-ring (bicyclic) bond motifs is 1. The summed E-state index contributed by atoms with van der Waals surface area (Å²) in [4.78, 5) is 0. The zero-order chi connectivity index (χ0) is 11.4. The van der Waals surface area contributed by atoms with Crippen LogP contribution in [0.3, 0.4) is 0 Å². The Bertz CT molecular complexity index is 459.